The van der Waals surface area contributed by atoms with Crippen molar-refractivity contribution in [2.75, 3.05) is 24.7 Å². The van der Waals surface area contributed by atoms with E-state index in [0.29, 0.717) is 23.5 Å². The van der Waals surface area contributed by atoms with E-state index in [0.717, 1.165) is 6.42 Å². The van der Waals surface area contributed by atoms with Gasteiger partial charge in [0.05, 0.1) is 24.0 Å². The van der Waals surface area contributed by atoms with Crippen LogP contribution in [-0.2, 0) is 9.53 Å². The number of nitrogen functional groups attached to an aromatic ring is 1. The SMILES string of the molecule is CCCNC(=O)C(C)Nc1ccc(C(=O)OC)cc1N. The first kappa shape index (κ1) is 15.8. The second kappa shape index (κ2) is 7.37. The van der Waals surface area contributed by atoms with Crippen molar-refractivity contribution in [3.63, 3.8) is 0 Å². The van der Waals surface area contributed by atoms with Crippen molar-refractivity contribution in [1.29, 1.82) is 0 Å². The van der Waals surface area contributed by atoms with Gasteiger partial charge in [-0.3, -0.25) is 4.79 Å². The third kappa shape index (κ3) is 4.15. The number of esters is 1. The Morgan fingerprint density at radius 2 is 2.10 bits per heavy atom. The minimum atomic E-state index is -0.447. The Balaban J connectivity index is 2.73. The summed E-state index contributed by atoms with van der Waals surface area (Å²) in [5, 5.41) is 5.81. The second-order valence-electron chi connectivity index (χ2n) is 4.45. The molecule has 0 aliphatic carbocycles. The lowest BCUT2D eigenvalue weighted by molar-refractivity contribution is -0.121. The van der Waals surface area contributed by atoms with Crippen molar-refractivity contribution in [3.05, 3.63) is 23.8 Å². The highest BCUT2D eigenvalue weighted by atomic mass is 16.5. The maximum atomic E-state index is 11.8. The lowest BCUT2D eigenvalue weighted by atomic mass is 10.1. The molecule has 20 heavy (non-hydrogen) atoms. The van der Waals surface area contributed by atoms with Crippen LogP contribution in [0.25, 0.3) is 0 Å². The van der Waals surface area contributed by atoms with Crippen molar-refractivity contribution in [3.8, 4) is 0 Å². The van der Waals surface area contributed by atoms with Gasteiger partial charge in [-0.25, -0.2) is 4.79 Å². The number of benzene rings is 1. The minimum absolute atomic E-state index is 0.0942. The molecule has 1 unspecified atom stereocenters. The molecule has 6 nitrogen and oxygen atoms in total. The monoisotopic (exact) mass is 279 g/mol. The average Bonchev–Trinajstić information content (AvgIpc) is 2.45. The van der Waals surface area contributed by atoms with Crippen molar-refractivity contribution in [1.82, 2.24) is 5.32 Å². The van der Waals surface area contributed by atoms with E-state index in [1.54, 1.807) is 19.1 Å². The Labute approximate surface area is 118 Å². The lowest BCUT2D eigenvalue weighted by Gasteiger charge is -2.16. The third-order valence-electron chi connectivity index (χ3n) is 2.79. The predicted octanol–water partition coefficient (Wildman–Crippen LogP) is 1.38. The Bertz CT molecular complexity index is 489. The summed E-state index contributed by atoms with van der Waals surface area (Å²) in [5.74, 6) is -0.541. The number of methoxy groups -OCH3 is 1. The van der Waals surface area contributed by atoms with Gasteiger partial charge >= 0.3 is 5.97 Å². The quantitative estimate of drug-likeness (QED) is 0.540. The second-order valence-corrected chi connectivity index (χ2v) is 4.45. The van der Waals surface area contributed by atoms with Gasteiger partial charge in [-0.1, -0.05) is 6.92 Å². The zero-order chi connectivity index (χ0) is 15.1. The molecule has 0 saturated carbocycles. The number of carbonyl (C=O) groups is 2. The van der Waals surface area contributed by atoms with E-state index < -0.39 is 12.0 Å². The number of anilines is 2. The van der Waals surface area contributed by atoms with Crippen molar-refractivity contribution >= 4 is 23.3 Å². The summed E-state index contributed by atoms with van der Waals surface area (Å²) in [7, 11) is 1.31. The van der Waals surface area contributed by atoms with Gasteiger partial charge in [0.1, 0.15) is 6.04 Å². The highest BCUT2D eigenvalue weighted by molar-refractivity contribution is 5.92. The molecular formula is C14H21N3O3. The normalized spacial score (nSPS) is 11.6. The van der Waals surface area contributed by atoms with Gasteiger partial charge in [0.25, 0.3) is 0 Å². The number of nitrogens with two attached hydrogens (primary N) is 1. The van der Waals surface area contributed by atoms with Gasteiger partial charge < -0.3 is 21.1 Å². The van der Waals surface area contributed by atoms with E-state index in [-0.39, 0.29) is 5.91 Å². The largest absolute Gasteiger partial charge is 0.465 e. The van der Waals surface area contributed by atoms with Crippen LogP contribution in [0.15, 0.2) is 18.2 Å². The molecular weight excluding hydrogens is 258 g/mol. The fraction of sp³-hybridized carbons (Fsp3) is 0.429. The third-order valence-corrected chi connectivity index (χ3v) is 2.79. The van der Waals surface area contributed by atoms with E-state index in [4.69, 9.17) is 5.73 Å². The molecule has 0 saturated heterocycles. The topological polar surface area (TPSA) is 93.5 Å². The van der Waals surface area contributed by atoms with Gasteiger partial charge in [-0.15, -0.1) is 0 Å². The van der Waals surface area contributed by atoms with Crippen LogP contribution in [0.3, 0.4) is 0 Å². The summed E-state index contributed by atoms with van der Waals surface area (Å²) >= 11 is 0. The van der Waals surface area contributed by atoms with Gasteiger partial charge in [0.15, 0.2) is 0 Å². The van der Waals surface area contributed by atoms with Crippen molar-refractivity contribution < 1.29 is 14.3 Å². The highest BCUT2D eigenvalue weighted by Gasteiger charge is 2.14. The number of carbonyl (C=O) groups excluding carboxylic acids is 2. The number of amides is 1. The lowest BCUT2D eigenvalue weighted by Crippen LogP contribution is -2.38. The molecule has 0 fully saturated rings. The Morgan fingerprint density at radius 1 is 1.40 bits per heavy atom. The molecule has 0 aliphatic heterocycles. The Kier molecular flexibility index (Phi) is 5.83. The number of hydrogen-bond donors (Lipinski definition) is 3. The first-order chi connectivity index (χ1) is 9.49. The molecule has 0 bridgehead atoms. The molecule has 110 valence electrons. The molecule has 1 aromatic rings. The first-order valence-electron chi connectivity index (χ1n) is 6.51. The van der Waals surface area contributed by atoms with Gasteiger partial charge in [0, 0.05) is 6.54 Å². The fourth-order valence-corrected chi connectivity index (χ4v) is 1.64. The van der Waals surface area contributed by atoms with E-state index in [1.165, 1.54) is 13.2 Å². The van der Waals surface area contributed by atoms with Crippen LogP contribution in [0, 0.1) is 0 Å². The molecule has 1 amide bonds. The summed E-state index contributed by atoms with van der Waals surface area (Å²) < 4.78 is 4.62. The molecule has 1 aromatic carbocycles. The van der Waals surface area contributed by atoms with E-state index >= 15 is 0 Å². The molecule has 1 rings (SSSR count). The van der Waals surface area contributed by atoms with Crippen LogP contribution in [-0.4, -0.2) is 31.6 Å². The Hall–Kier alpha value is -2.24. The van der Waals surface area contributed by atoms with Crippen molar-refractivity contribution in [2.45, 2.75) is 26.3 Å². The summed E-state index contributed by atoms with van der Waals surface area (Å²) in [5.41, 5.74) is 7.23. The molecule has 6 heteroatoms. The van der Waals surface area contributed by atoms with Crippen LogP contribution in [0.5, 0.6) is 0 Å². The number of nitrogens with one attached hydrogen (secondary N) is 2. The molecule has 1 atom stereocenters. The molecule has 0 radical (unpaired) electrons. The molecule has 4 N–H and O–H groups in total. The summed E-state index contributed by atoms with van der Waals surface area (Å²) in [6.45, 7) is 4.38. The first-order valence-corrected chi connectivity index (χ1v) is 6.51. The van der Waals surface area contributed by atoms with Crippen LogP contribution in [0.1, 0.15) is 30.6 Å². The molecule has 0 aliphatic rings. The predicted molar refractivity (Wildman–Crippen MR) is 78.6 cm³/mol. The zero-order valence-corrected chi connectivity index (χ0v) is 12.0. The van der Waals surface area contributed by atoms with Crippen LogP contribution < -0.4 is 16.4 Å². The van der Waals surface area contributed by atoms with Crippen molar-refractivity contribution in [2.24, 2.45) is 0 Å². The van der Waals surface area contributed by atoms with Gasteiger partial charge in [0.2, 0.25) is 5.91 Å². The fourth-order valence-electron chi connectivity index (χ4n) is 1.64. The number of ether oxygens (including phenoxy) is 1. The summed E-state index contributed by atoms with van der Waals surface area (Å²) in [4.78, 5) is 23.1. The maximum absolute atomic E-state index is 11.8. The summed E-state index contributed by atoms with van der Waals surface area (Å²) in [6, 6.07) is 4.37. The molecule has 0 spiro atoms. The minimum Gasteiger partial charge on any atom is -0.465 e. The van der Waals surface area contributed by atoms with E-state index in [1.807, 2.05) is 6.92 Å². The number of rotatable bonds is 6. The van der Waals surface area contributed by atoms with Gasteiger partial charge in [-0.05, 0) is 31.5 Å². The van der Waals surface area contributed by atoms with Gasteiger partial charge in [-0.2, -0.15) is 0 Å². The number of hydrogen-bond acceptors (Lipinski definition) is 5. The average molecular weight is 279 g/mol. The molecule has 0 aromatic heterocycles. The van der Waals surface area contributed by atoms with E-state index in [9.17, 15) is 9.59 Å². The highest BCUT2D eigenvalue weighted by Crippen LogP contribution is 2.21. The molecule has 0 heterocycles. The van der Waals surface area contributed by atoms with Crippen LogP contribution >= 0.6 is 0 Å². The summed E-state index contributed by atoms with van der Waals surface area (Å²) in [6.07, 6.45) is 0.883. The van der Waals surface area contributed by atoms with Crippen LogP contribution in [0.4, 0.5) is 11.4 Å². The van der Waals surface area contributed by atoms with E-state index in [2.05, 4.69) is 15.4 Å². The smallest absolute Gasteiger partial charge is 0.337 e. The Morgan fingerprint density at radius 3 is 2.65 bits per heavy atom. The standard InChI is InChI=1S/C14H21N3O3/c1-4-7-16-13(18)9(2)17-12-6-5-10(8-11(12)15)14(19)20-3/h5-6,8-9,17H,4,7,15H2,1-3H3,(H,16,18). The zero-order valence-electron chi connectivity index (χ0n) is 12.0. The van der Waals surface area contributed by atoms with Crippen LogP contribution in [0.2, 0.25) is 0 Å². The maximum Gasteiger partial charge on any atom is 0.337 e.